The molecule has 1 fully saturated rings. The van der Waals surface area contributed by atoms with Crippen LogP contribution >= 0.6 is 0 Å². The second-order valence-electron chi connectivity index (χ2n) is 5.94. The minimum Gasteiger partial charge on any atom is -0.368 e. The maximum absolute atomic E-state index is 12.3. The highest BCUT2D eigenvalue weighted by Gasteiger charge is 2.26. The van der Waals surface area contributed by atoms with Gasteiger partial charge in [0.25, 0.3) is 0 Å². The lowest BCUT2D eigenvalue weighted by Gasteiger charge is -2.35. The molecule has 0 spiro atoms. The maximum atomic E-state index is 12.3. The summed E-state index contributed by atoms with van der Waals surface area (Å²) in [6.45, 7) is 4.51. The average Bonchev–Trinajstić information content (AvgIpc) is 2.62. The monoisotopic (exact) mass is 323 g/mol. The number of hydrogen-bond donors (Lipinski definition) is 1. The summed E-state index contributed by atoms with van der Waals surface area (Å²) >= 11 is 0. The second kappa shape index (κ2) is 7.17. The van der Waals surface area contributed by atoms with Gasteiger partial charge in [-0.05, 0) is 36.8 Å². The van der Waals surface area contributed by atoms with Gasteiger partial charge in [0.05, 0.1) is 0 Å². The van der Waals surface area contributed by atoms with Crippen LogP contribution in [0, 0.1) is 6.92 Å². The predicted molar refractivity (Wildman–Crippen MR) is 95.0 cm³/mol. The van der Waals surface area contributed by atoms with Crippen LogP contribution < -0.4 is 10.2 Å². The van der Waals surface area contributed by atoms with Gasteiger partial charge in [0, 0.05) is 37.6 Å². The summed E-state index contributed by atoms with van der Waals surface area (Å²) in [4.78, 5) is 28.3. The summed E-state index contributed by atoms with van der Waals surface area (Å²) in [7, 11) is 0. The molecular weight excluding hydrogens is 302 g/mol. The van der Waals surface area contributed by atoms with Crippen molar-refractivity contribution in [1.29, 1.82) is 0 Å². The third-order valence-corrected chi connectivity index (χ3v) is 4.16. The second-order valence-corrected chi connectivity index (χ2v) is 5.94. The molecule has 0 atom stereocenters. The molecule has 3 rings (SSSR count). The zero-order valence-corrected chi connectivity index (χ0v) is 13.7. The van der Waals surface area contributed by atoms with Crippen LogP contribution in [0.15, 0.2) is 54.6 Å². The van der Waals surface area contributed by atoms with Gasteiger partial charge in [0.15, 0.2) is 0 Å². The highest BCUT2D eigenvalue weighted by atomic mass is 16.2. The van der Waals surface area contributed by atoms with E-state index >= 15 is 0 Å². The molecule has 0 aliphatic carbocycles. The summed E-state index contributed by atoms with van der Waals surface area (Å²) in [5.41, 5.74) is 2.84. The molecule has 1 aliphatic heterocycles. The van der Waals surface area contributed by atoms with Gasteiger partial charge in [-0.1, -0.05) is 30.3 Å². The largest absolute Gasteiger partial charge is 0.368 e. The quantitative estimate of drug-likeness (QED) is 0.863. The van der Waals surface area contributed by atoms with E-state index in [2.05, 4.69) is 22.3 Å². The van der Waals surface area contributed by atoms with E-state index in [9.17, 15) is 9.59 Å². The lowest BCUT2D eigenvalue weighted by atomic mass is 10.2. The van der Waals surface area contributed by atoms with Gasteiger partial charge in [0.1, 0.15) is 0 Å². The number of anilines is 2. The van der Waals surface area contributed by atoms with Crippen LogP contribution in [0.1, 0.15) is 5.56 Å². The number of carbonyl (C=O) groups excluding carboxylic acids is 2. The van der Waals surface area contributed by atoms with Crippen molar-refractivity contribution < 1.29 is 9.59 Å². The van der Waals surface area contributed by atoms with Crippen LogP contribution in [0.2, 0.25) is 0 Å². The van der Waals surface area contributed by atoms with Crippen LogP contribution in [-0.2, 0) is 9.59 Å². The third kappa shape index (κ3) is 3.74. The van der Waals surface area contributed by atoms with Crippen molar-refractivity contribution in [3.63, 3.8) is 0 Å². The molecule has 2 aromatic rings. The molecule has 124 valence electrons. The molecule has 5 heteroatoms. The number of aryl methyl sites for hydroxylation is 1. The molecule has 0 unspecified atom stereocenters. The fourth-order valence-electron chi connectivity index (χ4n) is 2.86. The normalized spacial score (nSPS) is 14.4. The van der Waals surface area contributed by atoms with Crippen LogP contribution in [0.5, 0.6) is 0 Å². The van der Waals surface area contributed by atoms with Crippen LogP contribution in [-0.4, -0.2) is 42.9 Å². The highest BCUT2D eigenvalue weighted by Crippen LogP contribution is 2.16. The van der Waals surface area contributed by atoms with E-state index in [1.807, 2.05) is 43.3 Å². The summed E-state index contributed by atoms with van der Waals surface area (Å²) in [5, 5.41) is 2.68. The first kappa shape index (κ1) is 16.1. The molecule has 5 nitrogen and oxygen atoms in total. The summed E-state index contributed by atoms with van der Waals surface area (Å²) < 4.78 is 0. The SMILES string of the molecule is Cc1cccc(NC(=O)C(=O)N2CCN(c3ccccc3)CC2)c1. The first-order chi connectivity index (χ1) is 11.6. The Labute approximate surface area is 141 Å². The number of nitrogens with one attached hydrogen (secondary N) is 1. The molecule has 0 aromatic heterocycles. The Balaban J connectivity index is 1.56. The number of carbonyl (C=O) groups is 2. The molecule has 1 heterocycles. The number of rotatable bonds is 2. The van der Waals surface area contributed by atoms with Crippen molar-refractivity contribution in [1.82, 2.24) is 4.90 Å². The van der Waals surface area contributed by atoms with Crippen molar-refractivity contribution >= 4 is 23.2 Å². The summed E-state index contributed by atoms with van der Waals surface area (Å²) in [5.74, 6) is -1.04. The van der Waals surface area contributed by atoms with Crippen molar-refractivity contribution in [3.05, 3.63) is 60.2 Å². The first-order valence-electron chi connectivity index (χ1n) is 8.10. The molecule has 1 aliphatic rings. The number of hydrogen-bond acceptors (Lipinski definition) is 3. The van der Waals surface area contributed by atoms with E-state index in [0.717, 1.165) is 24.3 Å². The maximum Gasteiger partial charge on any atom is 0.313 e. The molecule has 24 heavy (non-hydrogen) atoms. The van der Waals surface area contributed by atoms with Crippen molar-refractivity contribution in [2.75, 3.05) is 36.4 Å². The van der Waals surface area contributed by atoms with E-state index in [1.54, 1.807) is 11.0 Å². The standard InChI is InChI=1S/C19H21N3O2/c1-15-6-5-7-16(14-15)20-18(23)19(24)22-12-10-21(11-13-22)17-8-3-2-4-9-17/h2-9,14H,10-13H2,1H3,(H,20,23). The van der Waals surface area contributed by atoms with Crippen molar-refractivity contribution in [2.24, 2.45) is 0 Å². The number of para-hydroxylation sites is 1. The Hall–Kier alpha value is -2.82. The zero-order valence-electron chi connectivity index (χ0n) is 13.7. The van der Waals surface area contributed by atoms with Gasteiger partial charge < -0.3 is 15.1 Å². The zero-order chi connectivity index (χ0) is 16.9. The van der Waals surface area contributed by atoms with Crippen LogP contribution in [0.4, 0.5) is 11.4 Å². The number of piperazine rings is 1. The van der Waals surface area contributed by atoms with Crippen LogP contribution in [0.25, 0.3) is 0 Å². The molecule has 2 aromatic carbocycles. The number of benzene rings is 2. The molecule has 1 N–H and O–H groups in total. The molecule has 0 saturated carbocycles. The smallest absolute Gasteiger partial charge is 0.313 e. The minimum absolute atomic E-state index is 0.468. The lowest BCUT2D eigenvalue weighted by molar-refractivity contribution is -0.143. The molecule has 1 saturated heterocycles. The van der Waals surface area contributed by atoms with Gasteiger partial charge in [-0.15, -0.1) is 0 Å². The third-order valence-electron chi connectivity index (χ3n) is 4.16. The van der Waals surface area contributed by atoms with E-state index in [0.29, 0.717) is 18.8 Å². The Morgan fingerprint density at radius 2 is 1.62 bits per heavy atom. The van der Waals surface area contributed by atoms with Gasteiger partial charge >= 0.3 is 11.8 Å². The Morgan fingerprint density at radius 3 is 2.29 bits per heavy atom. The van der Waals surface area contributed by atoms with Crippen molar-refractivity contribution in [2.45, 2.75) is 6.92 Å². The predicted octanol–water partition coefficient (Wildman–Crippen LogP) is 2.28. The van der Waals surface area contributed by atoms with Crippen molar-refractivity contribution in [3.8, 4) is 0 Å². The molecule has 0 bridgehead atoms. The average molecular weight is 323 g/mol. The Morgan fingerprint density at radius 1 is 0.917 bits per heavy atom. The van der Waals surface area contributed by atoms with E-state index in [-0.39, 0.29) is 0 Å². The van der Waals surface area contributed by atoms with Gasteiger partial charge in [-0.25, -0.2) is 0 Å². The summed E-state index contributed by atoms with van der Waals surface area (Å²) in [6.07, 6.45) is 0. The van der Waals surface area contributed by atoms with E-state index in [4.69, 9.17) is 0 Å². The van der Waals surface area contributed by atoms with E-state index < -0.39 is 11.8 Å². The fourth-order valence-corrected chi connectivity index (χ4v) is 2.86. The molecule has 0 radical (unpaired) electrons. The topological polar surface area (TPSA) is 52.7 Å². The molecular formula is C19H21N3O2. The van der Waals surface area contributed by atoms with Gasteiger partial charge in [-0.3, -0.25) is 9.59 Å². The molecule has 2 amide bonds. The van der Waals surface area contributed by atoms with Crippen LogP contribution in [0.3, 0.4) is 0 Å². The highest BCUT2D eigenvalue weighted by molar-refractivity contribution is 6.39. The Kier molecular flexibility index (Phi) is 4.79. The van der Waals surface area contributed by atoms with E-state index in [1.165, 1.54) is 0 Å². The Bertz CT molecular complexity index is 722. The van der Waals surface area contributed by atoms with Gasteiger partial charge in [-0.2, -0.15) is 0 Å². The minimum atomic E-state index is -0.575. The first-order valence-corrected chi connectivity index (χ1v) is 8.10. The lowest BCUT2D eigenvalue weighted by Crippen LogP contribution is -2.51. The number of amides is 2. The summed E-state index contributed by atoms with van der Waals surface area (Å²) in [6, 6.07) is 17.5. The van der Waals surface area contributed by atoms with Gasteiger partial charge in [0.2, 0.25) is 0 Å². The number of nitrogens with zero attached hydrogens (tertiary/aromatic N) is 2. The fraction of sp³-hybridized carbons (Fsp3) is 0.263.